The molecule has 2 saturated carbocycles. The molecular formula is C17H24N2O2. The van der Waals surface area contributed by atoms with E-state index in [-0.39, 0.29) is 5.97 Å². The number of nitrogens with zero attached hydrogens (tertiary/aromatic N) is 2. The first-order valence-electron chi connectivity index (χ1n) is 8.26. The number of esters is 1. The molecule has 0 bridgehead atoms. The first kappa shape index (κ1) is 14.5. The van der Waals surface area contributed by atoms with Crippen molar-refractivity contribution in [1.82, 2.24) is 9.97 Å². The van der Waals surface area contributed by atoms with Crippen LogP contribution in [0.25, 0.3) is 0 Å². The molecule has 0 spiro atoms. The van der Waals surface area contributed by atoms with E-state index in [0.29, 0.717) is 24.0 Å². The van der Waals surface area contributed by atoms with Gasteiger partial charge in [-0.05, 0) is 44.9 Å². The molecule has 2 atom stereocenters. The summed E-state index contributed by atoms with van der Waals surface area (Å²) in [5.41, 5.74) is 1.51. The van der Waals surface area contributed by atoms with Gasteiger partial charge in [-0.1, -0.05) is 13.3 Å². The van der Waals surface area contributed by atoms with Gasteiger partial charge >= 0.3 is 5.97 Å². The summed E-state index contributed by atoms with van der Waals surface area (Å²) in [5, 5.41) is 0. The van der Waals surface area contributed by atoms with Gasteiger partial charge in [0.05, 0.1) is 17.9 Å². The zero-order chi connectivity index (χ0) is 14.8. The zero-order valence-corrected chi connectivity index (χ0v) is 13.0. The first-order valence-corrected chi connectivity index (χ1v) is 8.26. The van der Waals surface area contributed by atoms with Crippen molar-refractivity contribution >= 4 is 5.97 Å². The summed E-state index contributed by atoms with van der Waals surface area (Å²) in [6.07, 6.45) is 8.86. The Morgan fingerprint density at radius 3 is 2.62 bits per heavy atom. The topological polar surface area (TPSA) is 52.1 Å². The lowest BCUT2D eigenvalue weighted by Gasteiger charge is -2.13. The predicted molar refractivity (Wildman–Crippen MR) is 80.3 cm³/mol. The monoisotopic (exact) mass is 288 g/mol. The second-order valence-corrected chi connectivity index (χ2v) is 6.31. The Bertz CT molecular complexity index is 526. The minimum absolute atomic E-state index is 0.274. The highest BCUT2D eigenvalue weighted by molar-refractivity contribution is 5.90. The fourth-order valence-corrected chi connectivity index (χ4v) is 3.32. The van der Waals surface area contributed by atoms with Crippen LogP contribution in [0, 0.1) is 5.92 Å². The van der Waals surface area contributed by atoms with Crippen molar-refractivity contribution in [3.63, 3.8) is 0 Å². The fraction of sp³-hybridized carbons (Fsp3) is 0.706. The number of hydrogen-bond donors (Lipinski definition) is 0. The summed E-state index contributed by atoms with van der Waals surface area (Å²) in [7, 11) is 0. The number of carbonyl (C=O) groups is 1. The Morgan fingerprint density at radius 2 is 2.00 bits per heavy atom. The van der Waals surface area contributed by atoms with Gasteiger partial charge in [0.2, 0.25) is 0 Å². The number of aromatic nitrogens is 2. The van der Waals surface area contributed by atoms with Gasteiger partial charge in [-0.15, -0.1) is 0 Å². The van der Waals surface area contributed by atoms with Crippen molar-refractivity contribution in [3.8, 4) is 0 Å². The lowest BCUT2D eigenvalue weighted by atomic mass is 10.0. The van der Waals surface area contributed by atoms with Gasteiger partial charge in [0.25, 0.3) is 0 Å². The van der Waals surface area contributed by atoms with Gasteiger partial charge in [0.15, 0.2) is 0 Å². The van der Waals surface area contributed by atoms with E-state index in [0.717, 1.165) is 30.3 Å². The Morgan fingerprint density at radius 1 is 1.24 bits per heavy atom. The van der Waals surface area contributed by atoms with Crippen LogP contribution in [0.3, 0.4) is 0 Å². The molecule has 3 rings (SSSR count). The molecule has 2 fully saturated rings. The average Bonchev–Trinajstić information content (AvgIpc) is 3.24. The molecule has 1 heterocycles. The van der Waals surface area contributed by atoms with Crippen LogP contribution in [0.1, 0.15) is 86.1 Å². The second kappa shape index (κ2) is 6.12. The smallest absolute Gasteiger partial charge is 0.341 e. The molecule has 0 amide bonds. The van der Waals surface area contributed by atoms with Gasteiger partial charge in [0, 0.05) is 18.0 Å². The van der Waals surface area contributed by atoms with Gasteiger partial charge in [-0.2, -0.15) is 0 Å². The summed E-state index contributed by atoms with van der Waals surface area (Å²) in [5.74, 6) is 2.40. The summed E-state index contributed by atoms with van der Waals surface area (Å²) in [6.45, 7) is 4.48. The van der Waals surface area contributed by atoms with Gasteiger partial charge in [0.1, 0.15) is 5.82 Å². The highest BCUT2D eigenvalue weighted by Gasteiger charge is 2.33. The molecule has 4 nitrogen and oxygen atoms in total. The van der Waals surface area contributed by atoms with E-state index in [2.05, 4.69) is 11.9 Å². The summed E-state index contributed by atoms with van der Waals surface area (Å²) in [4.78, 5) is 21.3. The summed E-state index contributed by atoms with van der Waals surface area (Å²) < 4.78 is 5.13. The Balaban J connectivity index is 1.84. The minimum Gasteiger partial charge on any atom is -0.462 e. The highest BCUT2D eigenvalue weighted by atomic mass is 16.5. The molecular weight excluding hydrogens is 264 g/mol. The van der Waals surface area contributed by atoms with E-state index < -0.39 is 0 Å². The van der Waals surface area contributed by atoms with Crippen molar-refractivity contribution in [1.29, 1.82) is 0 Å². The third-order valence-corrected chi connectivity index (χ3v) is 4.78. The standard InChI is InChI=1S/C17H24N2O2/c1-3-11-5-6-13(9-11)16-18-10-14(17(20)21-4-2)15(19-16)12-7-8-12/h10-13H,3-9H2,1-2H3. The van der Waals surface area contributed by atoms with Crippen molar-refractivity contribution in [2.75, 3.05) is 6.61 Å². The number of rotatable bonds is 5. The number of hydrogen-bond acceptors (Lipinski definition) is 4. The van der Waals surface area contributed by atoms with Crippen LogP contribution < -0.4 is 0 Å². The molecule has 4 heteroatoms. The van der Waals surface area contributed by atoms with E-state index in [4.69, 9.17) is 9.72 Å². The van der Waals surface area contributed by atoms with Crippen molar-refractivity contribution < 1.29 is 9.53 Å². The highest BCUT2D eigenvalue weighted by Crippen LogP contribution is 2.43. The number of carbonyl (C=O) groups excluding carboxylic acids is 1. The van der Waals surface area contributed by atoms with E-state index in [1.807, 2.05) is 6.92 Å². The summed E-state index contributed by atoms with van der Waals surface area (Å²) in [6, 6.07) is 0. The molecule has 114 valence electrons. The zero-order valence-electron chi connectivity index (χ0n) is 13.0. The second-order valence-electron chi connectivity index (χ2n) is 6.31. The largest absolute Gasteiger partial charge is 0.462 e. The molecule has 1 aromatic heterocycles. The molecule has 0 N–H and O–H groups in total. The Hall–Kier alpha value is -1.45. The SMILES string of the molecule is CCOC(=O)c1cnc(C2CCC(CC)C2)nc1C1CC1. The molecule has 0 radical (unpaired) electrons. The van der Waals surface area contributed by atoms with E-state index in [1.165, 1.54) is 25.7 Å². The normalized spacial score (nSPS) is 25.0. The molecule has 0 aliphatic heterocycles. The van der Waals surface area contributed by atoms with Gasteiger partial charge < -0.3 is 4.74 Å². The van der Waals surface area contributed by atoms with Crippen LogP contribution in [-0.4, -0.2) is 22.5 Å². The van der Waals surface area contributed by atoms with E-state index >= 15 is 0 Å². The first-order chi connectivity index (χ1) is 10.2. The van der Waals surface area contributed by atoms with Crippen LogP contribution in [0.15, 0.2) is 6.20 Å². The van der Waals surface area contributed by atoms with E-state index in [9.17, 15) is 4.79 Å². The number of ether oxygens (including phenoxy) is 1. The quantitative estimate of drug-likeness (QED) is 0.773. The molecule has 1 aromatic rings. The van der Waals surface area contributed by atoms with Crippen LogP contribution in [0.5, 0.6) is 0 Å². The summed E-state index contributed by atoms with van der Waals surface area (Å²) >= 11 is 0. The van der Waals surface area contributed by atoms with Gasteiger partial charge in [-0.25, -0.2) is 14.8 Å². The third kappa shape index (κ3) is 3.09. The van der Waals surface area contributed by atoms with Crippen LogP contribution in [-0.2, 0) is 4.74 Å². The lowest BCUT2D eigenvalue weighted by Crippen LogP contribution is -2.13. The van der Waals surface area contributed by atoms with Crippen molar-refractivity contribution in [2.24, 2.45) is 5.92 Å². The maximum absolute atomic E-state index is 12.0. The predicted octanol–water partition coefficient (Wildman–Crippen LogP) is 3.82. The molecule has 2 aliphatic rings. The Kier molecular flexibility index (Phi) is 4.22. The van der Waals surface area contributed by atoms with Crippen LogP contribution in [0.2, 0.25) is 0 Å². The maximum atomic E-state index is 12.0. The maximum Gasteiger partial charge on any atom is 0.341 e. The minimum atomic E-state index is -0.274. The molecule has 0 aromatic carbocycles. The van der Waals surface area contributed by atoms with Crippen LogP contribution >= 0.6 is 0 Å². The van der Waals surface area contributed by atoms with Crippen LogP contribution in [0.4, 0.5) is 0 Å². The van der Waals surface area contributed by atoms with E-state index in [1.54, 1.807) is 6.20 Å². The molecule has 2 aliphatic carbocycles. The van der Waals surface area contributed by atoms with Gasteiger partial charge in [-0.3, -0.25) is 0 Å². The van der Waals surface area contributed by atoms with Crippen molar-refractivity contribution in [3.05, 3.63) is 23.3 Å². The molecule has 21 heavy (non-hydrogen) atoms. The third-order valence-electron chi connectivity index (χ3n) is 4.78. The fourth-order valence-electron chi connectivity index (χ4n) is 3.32. The lowest BCUT2D eigenvalue weighted by molar-refractivity contribution is 0.0523. The molecule has 0 saturated heterocycles. The Labute approximate surface area is 126 Å². The van der Waals surface area contributed by atoms with Crippen molar-refractivity contribution in [2.45, 2.75) is 64.2 Å². The average molecular weight is 288 g/mol. The molecule has 2 unspecified atom stereocenters.